The van der Waals surface area contributed by atoms with Crippen LogP contribution in [0.5, 0.6) is 0 Å². The molecule has 4 nitrogen and oxygen atoms in total. The first-order chi connectivity index (χ1) is 14.3. The summed E-state index contributed by atoms with van der Waals surface area (Å²) in [6, 6.07) is 14.1. The molecule has 4 rings (SSSR count). The lowest BCUT2D eigenvalue weighted by Crippen LogP contribution is -2.39. The van der Waals surface area contributed by atoms with E-state index in [-0.39, 0.29) is 11.8 Å². The van der Waals surface area contributed by atoms with Crippen LogP contribution >= 0.6 is 0 Å². The van der Waals surface area contributed by atoms with Crippen molar-refractivity contribution >= 4 is 17.4 Å². The minimum Gasteiger partial charge on any atom is -0.366 e. The van der Waals surface area contributed by atoms with Gasteiger partial charge in [0, 0.05) is 13.1 Å². The molecule has 1 atom stereocenters. The monoisotopic (exact) mass is 402 g/mol. The van der Waals surface area contributed by atoms with Gasteiger partial charge in [-0.25, -0.2) is 0 Å². The fraction of sp³-hybridized carbons (Fsp3) is 0.385. The molecule has 1 unspecified atom stereocenters. The van der Waals surface area contributed by atoms with E-state index < -0.39 is 0 Å². The van der Waals surface area contributed by atoms with Crippen molar-refractivity contribution in [3.8, 4) is 0 Å². The van der Waals surface area contributed by atoms with Gasteiger partial charge in [0.25, 0.3) is 11.8 Å². The quantitative estimate of drug-likeness (QED) is 0.701. The van der Waals surface area contributed by atoms with E-state index >= 15 is 0 Å². The Morgan fingerprint density at radius 2 is 1.67 bits per heavy atom. The van der Waals surface area contributed by atoms with Gasteiger partial charge >= 0.3 is 0 Å². The number of carbonyl (C=O) groups is 2. The Morgan fingerprint density at radius 1 is 0.933 bits per heavy atom. The second-order valence-corrected chi connectivity index (χ2v) is 8.90. The molecule has 0 radical (unpaired) electrons. The number of piperidine rings is 1. The Hall–Kier alpha value is -2.88. The third-order valence-corrected chi connectivity index (χ3v) is 6.37. The average Bonchev–Trinajstić information content (AvgIpc) is 2.96. The van der Waals surface area contributed by atoms with Gasteiger partial charge in [0.2, 0.25) is 0 Å². The number of likely N-dealkylation sites (tertiary alicyclic amines) is 1. The van der Waals surface area contributed by atoms with Crippen LogP contribution in [0.1, 0.15) is 47.6 Å². The van der Waals surface area contributed by atoms with E-state index in [0.717, 1.165) is 48.2 Å². The van der Waals surface area contributed by atoms with Crippen LogP contribution in [-0.4, -0.2) is 34.7 Å². The highest BCUT2D eigenvalue weighted by Gasteiger charge is 2.42. The molecule has 1 saturated heterocycles. The summed E-state index contributed by atoms with van der Waals surface area (Å²) in [4.78, 5) is 30.6. The van der Waals surface area contributed by atoms with E-state index in [9.17, 15) is 9.59 Å². The number of imide groups is 1. The molecule has 0 N–H and O–H groups in total. The highest BCUT2D eigenvalue weighted by Crippen LogP contribution is 2.35. The molecule has 0 saturated carbocycles. The summed E-state index contributed by atoms with van der Waals surface area (Å²) in [7, 11) is 0. The average molecular weight is 403 g/mol. The minimum atomic E-state index is -0.183. The minimum absolute atomic E-state index is 0.164. The number of nitrogens with zero attached hydrogens (tertiary/aromatic N) is 2. The van der Waals surface area contributed by atoms with E-state index in [0.29, 0.717) is 23.7 Å². The molecule has 156 valence electrons. The molecule has 2 amide bonds. The van der Waals surface area contributed by atoms with Gasteiger partial charge in [-0.15, -0.1) is 0 Å². The third kappa shape index (κ3) is 3.79. The van der Waals surface area contributed by atoms with Crippen molar-refractivity contribution < 1.29 is 9.59 Å². The van der Waals surface area contributed by atoms with Crippen LogP contribution in [0, 0.1) is 26.7 Å². The van der Waals surface area contributed by atoms with Crippen LogP contribution in [0.15, 0.2) is 48.2 Å². The Labute approximate surface area is 179 Å². The molecule has 2 aliphatic rings. The first kappa shape index (κ1) is 20.4. The third-order valence-electron chi connectivity index (χ3n) is 6.37. The van der Waals surface area contributed by atoms with Crippen molar-refractivity contribution in [3.05, 3.63) is 76.0 Å². The van der Waals surface area contributed by atoms with Gasteiger partial charge in [0.15, 0.2) is 0 Å². The van der Waals surface area contributed by atoms with Crippen LogP contribution in [0.25, 0.3) is 5.57 Å². The summed E-state index contributed by atoms with van der Waals surface area (Å²) in [5.74, 6) is 0.168. The lowest BCUT2D eigenvalue weighted by Gasteiger charge is -2.33. The maximum Gasteiger partial charge on any atom is 0.278 e. The van der Waals surface area contributed by atoms with Gasteiger partial charge in [-0.3, -0.25) is 14.5 Å². The number of aryl methyl sites for hydroxylation is 3. The van der Waals surface area contributed by atoms with Crippen molar-refractivity contribution in [1.29, 1.82) is 0 Å². The maximum absolute atomic E-state index is 13.5. The Morgan fingerprint density at radius 3 is 2.33 bits per heavy atom. The summed E-state index contributed by atoms with van der Waals surface area (Å²) in [6.07, 6.45) is 2.21. The van der Waals surface area contributed by atoms with E-state index in [2.05, 4.69) is 18.7 Å². The van der Waals surface area contributed by atoms with Gasteiger partial charge in [-0.05, 0) is 61.8 Å². The fourth-order valence-electron chi connectivity index (χ4n) is 4.43. The first-order valence-electron chi connectivity index (χ1n) is 10.8. The van der Waals surface area contributed by atoms with Crippen molar-refractivity contribution in [2.24, 2.45) is 5.92 Å². The lowest BCUT2D eigenvalue weighted by atomic mass is 9.96. The number of carbonyl (C=O) groups excluding carboxylic acids is 2. The van der Waals surface area contributed by atoms with Crippen molar-refractivity contribution in [2.45, 2.75) is 47.1 Å². The molecule has 0 aromatic heterocycles. The molecule has 4 heteroatoms. The number of hydrogen-bond acceptors (Lipinski definition) is 3. The lowest BCUT2D eigenvalue weighted by molar-refractivity contribution is -0.138. The zero-order valence-corrected chi connectivity index (χ0v) is 18.4. The van der Waals surface area contributed by atoms with Crippen LogP contribution in [0.4, 0.5) is 0 Å². The molecule has 2 heterocycles. The van der Waals surface area contributed by atoms with E-state index in [1.54, 1.807) is 0 Å². The number of rotatable bonds is 4. The Bertz CT molecular complexity index is 1020. The number of benzene rings is 2. The summed E-state index contributed by atoms with van der Waals surface area (Å²) in [5.41, 5.74) is 6.43. The zero-order valence-electron chi connectivity index (χ0n) is 18.4. The predicted octanol–water partition coefficient (Wildman–Crippen LogP) is 4.62. The van der Waals surface area contributed by atoms with Gasteiger partial charge in [-0.1, -0.05) is 55.0 Å². The molecule has 2 aromatic rings. The molecule has 1 fully saturated rings. The summed E-state index contributed by atoms with van der Waals surface area (Å²) < 4.78 is 0. The van der Waals surface area contributed by atoms with Gasteiger partial charge in [0.05, 0.1) is 12.1 Å². The first-order valence-corrected chi connectivity index (χ1v) is 10.8. The largest absolute Gasteiger partial charge is 0.366 e. The number of hydrogen-bond donors (Lipinski definition) is 0. The van der Waals surface area contributed by atoms with Crippen LogP contribution in [0.2, 0.25) is 0 Å². The number of amides is 2. The summed E-state index contributed by atoms with van der Waals surface area (Å²) in [6.45, 7) is 10.3. The standard InChI is InChI=1S/C26H30N2O2/c1-17-7-10-21(11-8-17)16-28-25(29)23(22-12-9-19(3)20(4)14-22)24(26(28)30)27-13-5-6-18(2)15-27/h7-12,14,18H,5-6,13,15-16H2,1-4H3. The summed E-state index contributed by atoms with van der Waals surface area (Å²) in [5, 5.41) is 0. The molecule has 0 spiro atoms. The Kier molecular flexibility index (Phi) is 5.50. The zero-order chi connectivity index (χ0) is 21.4. The second-order valence-electron chi connectivity index (χ2n) is 8.90. The highest BCUT2D eigenvalue weighted by atomic mass is 16.2. The molecule has 0 bridgehead atoms. The molecular weight excluding hydrogens is 372 g/mol. The van der Waals surface area contributed by atoms with Crippen molar-refractivity contribution in [2.75, 3.05) is 13.1 Å². The van der Waals surface area contributed by atoms with Gasteiger partial charge < -0.3 is 4.90 Å². The molecule has 30 heavy (non-hydrogen) atoms. The molecule has 2 aliphatic heterocycles. The van der Waals surface area contributed by atoms with Gasteiger partial charge in [-0.2, -0.15) is 0 Å². The van der Waals surface area contributed by atoms with Crippen LogP contribution in [0.3, 0.4) is 0 Å². The van der Waals surface area contributed by atoms with E-state index in [4.69, 9.17) is 0 Å². The molecule has 0 aliphatic carbocycles. The maximum atomic E-state index is 13.5. The second kappa shape index (κ2) is 8.10. The summed E-state index contributed by atoms with van der Waals surface area (Å²) >= 11 is 0. The SMILES string of the molecule is Cc1ccc(CN2C(=O)C(c3ccc(C)c(C)c3)=C(N3CCCC(C)C3)C2=O)cc1. The van der Waals surface area contributed by atoms with Crippen molar-refractivity contribution in [3.63, 3.8) is 0 Å². The normalized spacial score (nSPS) is 19.8. The predicted molar refractivity (Wildman–Crippen MR) is 120 cm³/mol. The smallest absolute Gasteiger partial charge is 0.278 e. The topological polar surface area (TPSA) is 40.6 Å². The van der Waals surface area contributed by atoms with Crippen molar-refractivity contribution in [1.82, 2.24) is 9.80 Å². The van der Waals surface area contributed by atoms with Crippen LogP contribution < -0.4 is 0 Å². The molecule has 2 aromatic carbocycles. The van der Waals surface area contributed by atoms with E-state index in [1.807, 2.05) is 56.3 Å². The van der Waals surface area contributed by atoms with E-state index in [1.165, 1.54) is 10.5 Å². The fourth-order valence-corrected chi connectivity index (χ4v) is 4.43. The molecular formula is C26H30N2O2. The van der Waals surface area contributed by atoms with Crippen LogP contribution in [-0.2, 0) is 16.1 Å². The Balaban J connectivity index is 1.75. The van der Waals surface area contributed by atoms with Gasteiger partial charge in [0.1, 0.15) is 5.70 Å². The highest BCUT2D eigenvalue weighted by molar-refractivity contribution is 6.35.